The first-order valence-electron chi connectivity index (χ1n) is 19.2. The van der Waals surface area contributed by atoms with E-state index in [9.17, 15) is 23.1 Å². The molecule has 0 radical (unpaired) electrons. The molecule has 9 heteroatoms. The maximum absolute atomic E-state index is 13.5. The summed E-state index contributed by atoms with van der Waals surface area (Å²) in [5.41, 5.74) is 3.27. The Hall–Kier alpha value is -2.39. The number of allylic oxidation sites excluding steroid dienone is 1. The van der Waals surface area contributed by atoms with E-state index in [0.29, 0.717) is 41.1 Å². The second kappa shape index (κ2) is 12.6. The van der Waals surface area contributed by atoms with Gasteiger partial charge in [0.15, 0.2) is 0 Å². The highest BCUT2D eigenvalue weighted by molar-refractivity contribution is 7.88. The minimum Gasteiger partial charge on any atom is -0.478 e. The molecular weight excluding hydrogens is 647 g/mol. The number of urea groups is 1. The van der Waals surface area contributed by atoms with Crippen LogP contribution in [0, 0.1) is 51.2 Å². The van der Waals surface area contributed by atoms with Crippen LogP contribution in [0.3, 0.4) is 0 Å². The van der Waals surface area contributed by atoms with Crippen LogP contribution < -0.4 is 10.6 Å². The van der Waals surface area contributed by atoms with E-state index in [4.69, 9.17) is 0 Å². The van der Waals surface area contributed by atoms with E-state index in [0.717, 1.165) is 32.1 Å². The van der Waals surface area contributed by atoms with E-state index >= 15 is 0 Å². The maximum Gasteiger partial charge on any atom is 0.335 e. The van der Waals surface area contributed by atoms with Crippen LogP contribution in [0.1, 0.15) is 128 Å². The van der Waals surface area contributed by atoms with Crippen molar-refractivity contribution < 1.29 is 23.1 Å². The van der Waals surface area contributed by atoms with Crippen molar-refractivity contribution in [3.05, 3.63) is 47.5 Å². The molecule has 0 bridgehead atoms. The Labute approximate surface area is 301 Å². The number of fused-ring (bicyclic) bond motifs is 7. The minimum atomic E-state index is -3.30. The SMILES string of the molecule is C=C(C)[C@@H]1CC[C@]2(NC(=O)NCCN(C)S(C)(=O)=O)CC[C@]3(C)[C@H](CC[C@@H]4[C@@]5(C)CCC(c6ccc(C(=O)O)cc6)C(C)(C)[C@@H]5CC[C@]43C)[C@@H]12. The molecule has 5 fully saturated rings. The summed E-state index contributed by atoms with van der Waals surface area (Å²) in [5, 5.41) is 16.0. The molecule has 1 unspecified atom stereocenters. The summed E-state index contributed by atoms with van der Waals surface area (Å²) in [6.45, 7) is 20.1. The molecule has 1 aromatic carbocycles. The third-order valence-corrected chi connectivity index (χ3v) is 17.6. The van der Waals surface area contributed by atoms with Crippen molar-refractivity contribution in [2.45, 2.75) is 117 Å². The number of carboxylic acid groups (broad SMARTS) is 1. The number of carbonyl (C=O) groups is 2. The van der Waals surface area contributed by atoms with Crippen molar-refractivity contribution in [2.24, 2.45) is 51.2 Å². The van der Waals surface area contributed by atoms with Crippen molar-refractivity contribution in [1.82, 2.24) is 14.9 Å². The molecule has 50 heavy (non-hydrogen) atoms. The van der Waals surface area contributed by atoms with Gasteiger partial charge in [-0.05, 0) is 146 Å². The lowest BCUT2D eigenvalue weighted by Gasteiger charge is -2.73. The summed E-state index contributed by atoms with van der Waals surface area (Å²) in [7, 11) is -1.76. The molecule has 278 valence electrons. The van der Waals surface area contributed by atoms with Crippen molar-refractivity contribution in [3.8, 4) is 0 Å². The Morgan fingerprint density at radius 3 is 2.20 bits per heavy atom. The van der Waals surface area contributed by atoms with Crippen LogP contribution in [0.5, 0.6) is 0 Å². The quantitative estimate of drug-likeness (QED) is 0.236. The fourth-order valence-electron chi connectivity index (χ4n) is 13.6. The van der Waals surface area contributed by atoms with Gasteiger partial charge in [0.1, 0.15) is 0 Å². The molecule has 6 rings (SSSR count). The molecule has 0 heterocycles. The van der Waals surface area contributed by atoms with Gasteiger partial charge in [0.25, 0.3) is 0 Å². The Bertz CT molecular complexity index is 1620. The van der Waals surface area contributed by atoms with E-state index in [1.807, 2.05) is 0 Å². The predicted octanol–water partition coefficient (Wildman–Crippen LogP) is 8.07. The molecule has 0 spiro atoms. The van der Waals surface area contributed by atoms with Gasteiger partial charge in [-0.2, -0.15) is 0 Å². The second-order valence-corrected chi connectivity index (χ2v) is 20.7. The van der Waals surface area contributed by atoms with Gasteiger partial charge < -0.3 is 15.7 Å². The van der Waals surface area contributed by atoms with Crippen molar-refractivity contribution in [2.75, 3.05) is 26.4 Å². The van der Waals surface area contributed by atoms with E-state index in [2.05, 4.69) is 70.9 Å². The largest absolute Gasteiger partial charge is 0.478 e. The van der Waals surface area contributed by atoms with Gasteiger partial charge in [-0.1, -0.05) is 58.9 Å². The molecule has 8 nitrogen and oxygen atoms in total. The van der Waals surface area contributed by atoms with Gasteiger partial charge in [0.2, 0.25) is 10.0 Å². The third kappa shape index (κ3) is 5.75. The van der Waals surface area contributed by atoms with Crippen LogP contribution in [0.15, 0.2) is 36.4 Å². The fourth-order valence-corrected chi connectivity index (χ4v) is 14.0. The number of hydrogen-bond donors (Lipinski definition) is 3. The molecule has 0 saturated heterocycles. The first-order valence-corrected chi connectivity index (χ1v) is 21.0. The number of hydrogen-bond acceptors (Lipinski definition) is 4. The van der Waals surface area contributed by atoms with Crippen LogP contribution >= 0.6 is 0 Å². The number of amides is 2. The lowest BCUT2D eigenvalue weighted by atomic mass is 9.32. The lowest BCUT2D eigenvalue weighted by Crippen LogP contribution is -2.69. The number of sulfonamides is 1. The molecule has 0 aromatic heterocycles. The summed E-state index contributed by atoms with van der Waals surface area (Å²) in [6, 6.07) is 7.50. The smallest absolute Gasteiger partial charge is 0.335 e. The average Bonchev–Trinajstić information content (AvgIpc) is 3.40. The summed E-state index contributed by atoms with van der Waals surface area (Å²) in [5.74, 6) is 1.98. The van der Waals surface area contributed by atoms with Crippen LogP contribution in [0.2, 0.25) is 0 Å². The summed E-state index contributed by atoms with van der Waals surface area (Å²) in [4.78, 5) is 25.0. The highest BCUT2D eigenvalue weighted by Crippen LogP contribution is 2.77. The van der Waals surface area contributed by atoms with Gasteiger partial charge in [-0.25, -0.2) is 22.3 Å². The topological polar surface area (TPSA) is 116 Å². The number of carboxylic acids is 1. The van der Waals surface area contributed by atoms with E-state index in [1.54, 1.807) is 19.2 Å². The van der Waals surface area contributed by atoms with Crippen LogP contribution in [0.4, 0.5) is 4.79 Å². The molecule has 2 amide bonds. The van der Waals surface area contributed by atoms with Crippen molar-refractivity contribution >= 4 is 22.0 Å². The Kier molecular flexibility index (Phi) is 9.44. The fraction of sp³-hybridized carbons (Fsp3) is 0.756. The Morgan fingerprint density at radius 1 is 0.900 bits per heavy atom. The molecular formula is C41H63N3O5S. The summed E-state index contributed by atoms with van der Waals surface area (Å²) >= 11 is 0. The minimum absolute atomic E-state index is 0.0996. The highest BCUT2D eigenvalue weighted by Gasteiger charge is 2.71. The van der Waals surface area contributed by atoms with Gasteiger partial charge in [0.05, 0.1) is 11.8 Å². The zero-order chi connectivity index (χ0) is 36.7. The molecule has 3 N–H and O–H groups in total. The summed E-state index contributed by atoms with van der Waals surface area (Å²) < 4.78 is 25.0. The van der Waals surface area contributed by atoms with Gasteiger partial charge >= 0.3 is 12.0 Å². The normalized spacial score (nSPS) is 40.5. The van der Waals surface area contributed by atoms with Crippen LogP contribution in [0.25, 0.3) is 0 Å². The van der Waals surface area contributed by atoms with Crippen molar-refractivity contribution in [3.63, 3.8) is 0 Å². The highest BCUT2D eigenvalue weighted by atomic mass is 32.2. The Balaban J connectivity index is 1.25. The molecule has 10 atom stereocenters. The number of aromatic carboxylic acids is 1. The van der Waals surface area contributed by atoms with E-state index in [1.165, 1.54) is 53.8 Å². The first kappa shape index (κ1) is 37.4. The molecule has 5 aliphatic carbocycles. The number of nitrogens with one attached hydrogen (secondary N) is 2. The molecule has 1 aromatic rings. The average molecular weight is 710 g/mol. The number of rotatable bonds is 8. The number of benzene rings is 1. The molecule has 5 saturated carbocycles. The molecule has 0 aliphatic heterocycles. The number of nitrogens with zero attached hydrogens (tertiary/aromatic N) is 1. The van der Waals surface area contributed by atoms with Crippen molar-refractivity contribution in [1.29, 1.82) is 0 Å². The maximum atomic E-state index is 13.5. The second-order valence-electron chi connectivity index (χ2n) is 18.6. The third-order valence-electron chi connectivity index (χ3n) is 16.3. The van der Waals surface area contributed by atoms with Gasteiger partial charge in [-0.15, -0.1) is 0 Å². The summed E-state index contributed by atoms with van der Waals surface area (Å²) in [6.07, 6.45) is 12.4. The van der Waals surface area contributed by atoms with Crippen LogP contribution in [-0.2, 0) is 10.0 Å². The Morgan fingerprint density at radius 2 is 1.58 bits per heavy atom. The monoisotopic (exact) mass is 709 g/mol. The number of likely N-dealkylation sites (N-methyl/N-ethyl adjacent to an activating group) is 1. The number of carbonyl (C=O) groups excluding carboxylic acids is 1. The van der Waals surface area contributed by atoms with E-state index in [-0.39, 0.29) is 46.3 Å². The first-order chi connectivity index (χ1) is 23.2. The molecule has 5 aliphatic rings. The zero-order valence-corrected chi connectivity index (χ0v) is 32.7. The van der Waals surface area contributed by atoms with E-state index < -0.39 is 16.0 Å². The lowest BCUT2D eigenvalue weighted by molar-refractivity contribution is -0.233. The van der Waals surface area contributed by atoms with Gasteiger partial charge in [-0.3, -0.25) is 0 Å². The van der Waals surface area contributed by atoms with Crippen LogP contribution in [-0.4, -0.2) is 61.8 Å². The zero-order valence-electron chi connectivity index (χ0n) is 31.9. The standard InChI is InChI=1S/C41H63N3O5S/c1-26(2)29-16-21-41(43-36(47)42-24-25-44(8)50(9,48)49)23-22-39(6)31(34(29)41)14-15-33-38(5)19-17-30(27-10-12-28(13-11-27)35(45)46)37(3,4)32(38)18-20-40(33,39)7/h10-13,29-34H,1,14-25H2,2-9H3,(H,45,46)(H2,42,43,47)/t29-,30?,31+,32-,33+,34+,38-,39+,40+,41-/m0/s1. The predicted molar refractivity (Wildman–Crippen MR) is 199 cm³/mol. The van der Waals surface area contributed by atoms with Gasteiger partial charge in [0, 0.05) is 25.7 Å².